The van der Waals surface area contributed by atoms with E-state index in [2.05, 4.69) is 52.0 Å². The molecular weight excluding hydrogens is 396 g/mol. The number of nitrogens with two attached hydrogens (primary N) is 2. The maximum absolute atomic E-state index is 12.5. The summed E-state index contributed by atoms with van der Waals surface area (Å²) in [5, 5.41) is 0. The lowest BCUT2D eigenvalue weighted by molar-refractivity contribution is 0.0999. The third-order valence-electron chi connectivity index (χ3n) is 6.22. The predicted molar refractivity (Wildman–Crippen MR) is 132 cm³/mol. The number of carbonyl (C=O) groups excluding carboxylic acids is 2. The first-order valence-corrected chi connectivity index (χ1v) is 11.4. The van der Waals surface area contributed by atoms with E-state index in [1.165, 1.54) is 0 Å². The zero-order valence-electron chi connectivity index (χ0n) is 19.4. The van der Waals surface area contributed by atoms with Gasteiger partial charge in [-0.25, -0.2) is 0 Å². The molecule has 0 aliphatic heterocycles. The van der Waals surface area contributed by atoms with E-state index in [1.54, 1.807) is 6.07 Å². The molecule has 0 unspecified atom stereocenters. The predicted octanol–water partition coefficient (Wildman–Crippen LogP) is 5.47. The number of primary amides is 2. The van der Waals surface area contributed by atoms with E-state index in [0.29, 0.717) is 11.1 Å². The van der Waals surface area contributed by atoms with Crippen LogP contribution >= 0.6 is 0 Å². The maximum atomic E-state index is 12.5. The van der Waals surface area contributed by atoms with Crippen LogP contribution in [-0.2, 0) is 25.7 Å². The van der Waals surface area contributed by atoms with Gasteiger partial charge in [0.2, 0.25) is 11.8 Å². The van der Waals surface area contributed by atoms with Gasteiger partial charge >= 0.3 is 0 Å². The average molecular weight is 429 g/mol. The highest BCUT2D eigenvalue weighted by Gasteiger charge is 2.23. The molecule has 0 spiro atoms. The topological polar surface area (TPSA) is 86.2 Å². The molecule has 4 nitrogen and oxygen atoms in total. The summed E-state index contributed by atoms with van der Waals surface area (Å²) in [5.41, 5.74) is 20.4. The van der Waals surface area contributed by atoms with Gasteiger partial charge in [0.05, 0.1) is 0 Å². The molecule has 0 aliphatic carbocycles. The molecule has 0 saturated heterocycles. The van der Waals surface area contributed by atoms with E-state index in [0.717, 1.165) is 70.2 Å². The van der Waals surface area contributed by atoms with E-state index < -0.39 is 11.8 Å². The van der Waals surface area contributed by atoms with Crippen molar-refractivity contribution >= 4 is 11.8 Å². The van der Waals surface area contributed by atoms with Gasteiger partial charge < -0.3 is 11.5 Å². The van der Waals surface area contributed by atoms with Crippen LogP contribution in [0, 0.1) is 0 Å². The minimum atomic E-state index is -0.568. The lowest BCUT2D eigenvalue weighted by Crippen LogP contribution is -2.18. The van der Waals surface area contributed by atoms with Crippen molar-refractivity contribution in [2.75, 3.05) is 0 Å². The van der Waals surface area contributed by atoms with Crippen LogP contribution in [0.2, 0.25) is 0 Å². The molecule has 0 aliphatic rings. The lowest BCUT2D eigenvalue weighted by atomic mass is 9.82. The van der Waals surface area contributed by atoms with Gasteiger partial charge in [0.1, 0.15) is 0 Å². The molecule has 3 aromatic rings. The van der Waals surface area contributed by atoms with Crippen molar-refractivity contribution < 1.29 is 9.59 Å². The molecule has 0 saturated carbocycles. The second-order valence-electron chi connectivity index (χ2n) is 7.99. The highest BCUT2D eigenvalue weighted by Crippen LogP contribution is 2.39. The molecule has 2 amide bonds. The Morgan fingerprint density at radius 2 is 0.906 bits per heavy atom. The van der Waals surface area contributed by atoms with Crippen LogP contribution < -0.4 is 11.5 Å². The monoisotopic (exact) mass is 428 g/mol. The number of benzene rings is 3. The van der Waals surface area contributed by atoms with Crippen LogP contribution in [0.15, 0.2) is 48.5 Å². The molecule has 0 bridgehead atoms. The minimum Gasteiger partial charge on any atom is -0.366 e. The molecule has 3 aromatic carbocycles. The standard InChI is InChI=1S/C28H32N2O2/c1-5-17-11-9-12-18(6-2)25(17)21-15-22(24(28(30)32)16-23(21)27(29)31)26-19(7-3)13-10-14-20(26)8-4/h9-16H,5-8H2,1-4H3,(H2,29,31)(H2,30,32). The number of rotatable bonds is 8. The van der Waals surface area contributed by atoms with Gasteiger partial charge in [0.25, 0.3) is 0 Å². The second-order valence-corrected chi connectivity index (χ2v) is 7.99. The molecule has 0 atom stereocenters. The SMILES string of the molecule is CCc1cccc(CC)c1-c1cc(-c2c(CC)cccc2CC)c(C(N)=O)cc1C(N)=O. The molecule has 32 heavy (non-hydrogen) atoms. The van der Waals surface area contributed by atoms with Gasteiger partial charge in [-0.2, -0.15) is 0 Å². The first-order valence-electron chi connectivity index (χ1n) is 11.4. The van der Waals surface area contributed by atoms with Gasteiger partial charge in [0, 0.05) is 11.1 Å². The maximum Gasteiger partial charge on any atom is 0.249 e. The zero-order valence-corrected chi connectivity index (χ0v) is 19.4. The van der Waals surface area contributed by atoms with Crippen molar-refractivity contribution in [3.05, 3.63) is 81.9 Å². The summed E-state index contributed by atoms with van der Waals surface area (Å²) < 4.78 is 0. The summed E-state index contributed by atoms with van der Waals surface area (Å²) in [6.07, 6.45) is 3.28. The molecular formula is C28H32N2O2. The average Bonchev–Trinajstić information content (AvgIpc) is 2.81. The third kappa shape index (κ3) is 4.18. The van der Waals surface area contributed by atoms with Gasteiger partial charge in [-0.3, -0.25) is 9.59 Å². The number of amides is 2. The fraction of sp³-hybridized carbons (Fsp3) is 0.286. The summed E-state index contributed by atoms with van der Waals surface area (Å²) in [6.45, 7) is 8.40. The van der Waals surface area contributed by atoms with Crippen LogP contribution in [0.1, 0.15) is 70.7 Å². The summed E-state index contributed by atoms with van der Waals surface area (Å²) in [7, 11) is 0. The highest BCUT2D eigenvalue weighted by atomic mass is 16.1. The number of carbonyl (C=O) groups is 2. The van der Waals surface area contributed by atoms with Crippen molar-refractivity contribution in [1.82, 2.24) is 0 Å². The normalized spacial score (nSPS) is 10.9. The summed E-state index contributed by atoms with van der Waals surface area (Å²) >= 11 is 0. The van der Waals surface area contributed by atoms with E-state index in [1.807, 2.05) is 18.2 Å². The van der Waals surface area contributed by atoms with Crippen LogP contribution in [0.5, 0.6) is 0 Å². The Hall–Kier alpha value is -3.40. The van der Waals surface area contributed by atoms with Crippen molar-refractivity contribution in [3.8, 4) is 22.3 Å². The van der Waals surface area contributed by atoms with Crippen molar-refractivity contribution in [1.29, 1.82) is 0 Å². The smallest absolute Gasteiger partial charge is 0.249 e. The second kappa shape index (κ2) is 9.82. The Morgan fingerprint density at radius 3 is 1.16 bits per heavy atom. The Bertz CT molecular complexity index is 1050. The van der Waals surface area contributed by atoms with E-state index in [9.17, 15) is 9.59 Å². The molecule has 0 heterocycles. The third-order valence-corrected chi connectivity index (χ3v) is 6.22. The molecule has 166 valence electrons. The molecule has 0 radical (unpaired) electrons. The Kier molecular flexibility index (Phi) is 7.14. The molecule has 3 rings (SSSR count). The van der Waals surface area contributed by atoms with Crippen molar-refractivity contribution in [3.63, 3.8) is 0 Å². The highest BCUT2D eigenvalue weighted by molar-refractivity contribution is 6.08. The zero-order chi connectivity index (χ0) is 23.4. The first-order chi connectivity index (χ1) is 15.4. The Morgan fingerprint density at radius 1 is 0.594 bits per heavy atom. The van der Waals surface area contributed by atoms with Gasteiger partial charge in [-0.1, -0.05) is 64.1 Å². The molecule has 0 aromatic heterocycles. The minimum absolute atomic E-state index is 0.324. The van der Waals surface area contributed by atoms with Crippen molar-refractivity contribution in [2.45, 2.75) is 53.4 Å². The van der Waals surface area contributed by atoms with Crippen LogP contribution in [-0.4, -0.2) is 11.8 Å². The van der Waals surface area contributed by atoms with Gasteiger partial charge in [-0.05, 0) is 82.3 Å². The van der Waals surface area contributed by atoms with Crippen LogP contribution in [0.4, 0.5) is 0 Å². The van der Waals surface area contributed by atoms with E-state index in [-0.39, 0.29) is 0 Å². The number of aryl methyl sites for hydroxylation is 4. The fourth-order valence-corrected chi connectivity index (χ4v) is 4.60. The Labute approximate surface area is 190 Å². The van der Waals surface area contributed by atoms with Crippen LogP contribution in [0.25, 0.3) is 22.3 Å². The summed E-state index contributed by atoms with van der Waals surface area (Å²) in [4.78, 5) is 25.1. The molecule has 4 heteroatoms. The summed E-state index contributed by atoms with van der Waals surface area (Å²) in [5.74, 6) is -1.14. The largest absolute Gasteiger partial charge is 0.366 e. The lowest BCUT2D eigenvalue weighted by Gasteiger charge is -2.21. The Balaban J connectivity index is 2.51. The van der Waals surface area contributed by atoms with Crippen LogP contribution in [0.3, 0.4) is 0 Å². The summed E-state index contributed by atoms with van der Waals surface area (Å²) in [6, 6.07) is 16.0. The van der Waals surface area contributed by atoms with Gasteiger partial charge in [-0.15, -0.1) is 0 Å². The number of hydrogen-bond donors (Lipinski definition) is 2. The first kappa shape index (κ1) is 23.3. The number of hydrogen-bond acceptors (Lipinski definition) is 2. The van der Waals surface area contributed by atoms with Gasteiger partial charge in [0.15, 0.2) is 0 Å². The fourth-order valence-electron chi connectivity index (χ4n) is 4.60. The van der Waals surface area contributed by atoms with Crippen molar-refractivity contribution in [2.24, 2.45) is 11.5 Å². The molecule has 0 fully saturated rings. The van der Waals surface area contributed by atoms with E-state index in [4.69, 9.17) is 11.5 Å². The quantitative estimate of drug-likeness (QED) is 0.498. The molecule has 4 N–H and O–H groups in total. The van der Waals surface area contributed by atoms with E-state index >= 15 is 0 Å².